The Bertz CT molecular complexity index is 606. The van der Waals surface area contributed by atoms with Crippen molar-refractivity contribution in [1.82, 2.24) is 0 Å². The molecule has 0 unspecified atom stereocenters. The molecule has 2 rings (SSSR count). The van der Waals surface area contributed by atoms with Crippen molar-refractivity contribution < 1.29 is 4.39 Å². The molecule has 0 aliphatic rings. The summed E-state index contributed by atoms with van der Waals surface area (Å²) in [5.41, 5.74) is 1.70. The van der Waals surface area contributed by atoms with Crippen LogP contribution in [-0.4, -0.2) is 0 Å². The molecule has 0 heterocycles. The quantitative estimate of drug-likeness (QED) is 0.717. The van der Waals surface area contributed by atoms with Crippen LogP contribution in [0.1, 0.15) is 16.7 Å². The zero-order valence-electron chi connectivity index (χ0n) is 9.40. The molecular formula is C15H9ClFN. The molecule has 0 radical (unpaired) electrons. The summed E-state index contributed by atoms with van der Waals surface area (Å²) >= 11 is 5.75. The zero-order valence-corrected chi connectivity index (χ0v) is 10.2. The maximum Gasteiger partial charge on any atom is 0.131 e. The third-order valence-electron chi connectivity index (χ3n) is 2.45. The lowest BCUT2D eigenvalue weighted by Crippen LogP contribution is -1.80. The molecule has 0 fully saturated rings. The number of halogens is 2. The van der Waals surface area contributed by atoms with Gasteiger partial charge in [0.15, 0.2) is 0 Å². The maximum absolute atomic E-state index is 13.9. The van der Waals surface area contributed by atoms with E-state index in [-0.39, 0.29) is 5.83 Å². The van der Waals surface area contributed by atoms with E-state index in [1.807, 2.05) is 6.07 Å². The van der Waals surface area contributed by atoms with E-state index < -0.39 is 0 Å². The first kappa shape index (κ1) is 12.3. The van der Waals surface area contributed by atoms with Crippen molar-refractivity contribution in [2.24, 2.45) is 0 Å². The molecule has 0 saturated carbocycles. The third-order valence-corrected chi connectivity index (χ3v) is 2.71. The van der Waals surface area contributed by atoms with Crippen molar-refractivity contribution in [3.8, 4) is 6.07 Å². The predicted molar refractivity (Wildman–Crippen MR) is 71.6 cm³/mol. The van der Waals surface area contributed by atoms with Crippen molar-refractivity contribution in [3.63, 3.8) is 0 Å². The highest BCUT2D eigenvalue weighted by Gasteiger charge is 2.01. The minimum atomic E-state index is -0.346. The van der Waals surface area contributed by atoms with Gasteiger partial charge in [0.1, 0.15) is 5.83 Å². The van der Waals surface area contributed by atoms with Crippen LogP contribution in [0.4, 0.5) is 4.39 Å². The molecule has 88 valence electrons. The number of nitrogens with zero attached hydrogens (tertiary/aromatic N) is 1. The van der Waals surface area contributed by atoms with E-state index in [1.165, 1.54) is 6.08 Å². The average molecular weight is 258 g/mol. The lowest BCUT2D eigenvalue weighted by molar-refractivity contribution is 0.765. The van der Waals surface area contributed by atoms with Gasteiger partial charge in [-0.3, -0.25) is 0 Å². The van der Waals surface area contributed by atoms with Crippen LogP contribution in [0.2, 0.25) is 5.02 Å². The Morgan fingerprint density at radius 1 is 1.06 bits per heavy atom. The average Bonchev–Trinajstić information content (AvgIpc) is 2.41. The zero-order chi connectivity index (χ0) is 13.0. The molecule has 0 aliphatic heterocycles. The molecule has 2 aromatic carbocycles. The van der Waals surface area contributed by atoms with Crippen LogP contribution in [0.25, 0.3) is 11.9 Å². The van der Waals surface area contributed by atoms with E-state index in [2.05, 4.69) is 0 Å². The Morgan fingerprint density at radius 2 is 1.67 bits per heavy atom. The fourth-order valence-electron chi connectivity index (χ4n) is 1.49. The van der Waals surface area contributed by atoms with E-state index in [4.69, 9.17) is 16.9 Å². The second-order valence-electron chi connectivity index (χ2n) is 3.73. The number of benzene rings is 2. The summed E-state index contributed by atoms with van der Waals surface area (Å²) in [6, 6.07) is 15.2. The van der Waals surface area contributed by atoms with Crippen molar-refractivity contribution in [2.45, 2.75) is 0 Å². The molecule has 0 N–H and O–H groups in total. The second kappa shape index (κ2) is 5.48. The van der Waals surface area contributed by atoms with Crippen molar-refractivity contribution >= 4 is 23.5 Å². The van der Waals surface area contributed by atoms with E-state index in [1.54, 1.807) is 48.5 Å². The molecule has 2 aromatic rings. The van der Waals surface area contributed by atoms with Crippen molar-refractivity contribution in [1.29, 1.82) is 5.26 Å². The molecule has 3 heteroatoms. The lowest BCUT2D eigenvalue weighted by atomic mass is 10.1. The monoisotopic (exact) mass is 257 g/mol. The summed E-state index contributed by atoms with van der Waals surface area (Å²) in [5, 5.41) is 9.27. The summed E-state index contributed by atoms with van der Waals surface area (Å²) in [5.74, 6) is -0.346. The Kier molecular flexibility index (Phi) is 3.76. The fraction of sp³-hybridized carbons (Fsp3) is 0. The summed E-state index contributed by atoms with van der Waals surface area (Å²) in [4.78, 5) is 0. The predicted octanol–water partition coefficient (Wildman–Crippen LogP) is 4.68. The summed E-state index contributed by atoms with van der Waals surface area (Å²) < 4.78 is 13.9. The van der Waals surface area contributed by atoms with Gasteiger partial charge < -0.3 is 0 Å². The molecule has 0 spiro atoms. The summed E-state index contributed by atoms with van der Waals surface area (Å²) in [6.45, 7) is 0. The molecule has 0 atom stereocenters. The van der Waals surface area contributed by atoms with E-state index in [0.717, 1.165) is 5.56 Å². The smallest absolute Gasteiger partial charge is 0.131 e. The molecule has 0 bridgehead atoms. The van der Waals surface area contributed by atoms with Crippen LogP contribution < -0.4 is 0 Å². The maximum atomic E-state index is 13.9. The normalized spacial score (nSPS) is 11.1. The molecule has 1 nitrogen and oxygen atoms in total. The Morgan fingerprint density at radius 3 is 2.22 bits per heavy atom. The number of nitriles is 1. The van der Waals surface area contributed by atoms with Crippen LogP contribution in [0.5, 0.6) is 0 Å². The number of hydrogen-bond acceptors (Lipinski definition) is 1. The minimum absolute atomic E-state index is 0.346. The van der Waals surface area contributed by atoms with Crippen LogP contribution in [0.15, 0.2) is 48.5 Å². The number of hydrogen-bond donors (Lipinski definition) is 0. The summed E-state index contributed by atoms with van der Waals surface area (Å²) in [7, 11) is 0. The standard InChI is InChI=1S/C15H9ClFN/c16-14-7-3-11(4-8-14)9-15(17)13-5-1-12(10-18)2-6-13/h1-9H/b15-9-. The molecule has 0 saturated heterocycles. The molecule has 0 aromatic heterocycles. The first-order valence-electron chi connectivity index (χ1n) is 5.32. The lowest BCUT2D eigenvalue weighted by Gasteiger charge is -1.99. The highest BCUT2D eigenvalue weighted by Crippen LogP contribution is 2.20. The Balaban J connectivity index is 2.27. The largest absolute Gasteiger partial charge is 0.206 e. The van der Waals surface area contributed by atoms with Crippen LogP contribution in [-0.2, 0) is 0 Å². The van der Waals surface area contributed by atoms with Gasteiger partial charge in [-0.15, -0.1) is 0 Å². The van der Waals surface area contributed by atoms with Crippen molar-refractivity contribution in [3.05, 3.63) is 70.2 Å². The van der Waals surface area contributed by atoms with Gasteiger partial charge in [-0.2, -0.15) is 5.26 Å². The highest BCUT2D eigenvalue weighted by atomic mass is 35.5. The first-order valence-corrected chi connectivity index (χ1v) is 5.70. The van der Waals surface area contributed by atoms with Crippen molar-refractivity contribution in [2.75, 3.05) is 0 Å². The van der Waals surface area contributed by atoms with Gasteiger partial charge >= 0.3 is 0 Å². The van der Waals surface area contributed by atoms with Crippen LogP contribution >= 0.6 is 11.6 Å². The van der Waals surface area contributed by atoms with Gasteiger partial charge in [0.2, 0.25) is 0 Å². The van der Waals surface area contributed by atoms with Gasteiger partial charge in [-0.05, 0) is 35.9 Å². The van der Waals surface area contributed by atoms with Gasteiger partial charge in [-0.25, -0.2) is 4.39 Å². The molecular weight excluding hydrogens is 249 g/mol. The third kappa shape index (κ3) is 2.97. The molecule has 18 heavy (non-hydrogen) atoms. The van der Waals surface area contributed by atoms with Crippen LogP contribution in [0, 0.1) is 11.3 Å². The topological polar surface area (TPSA) is 23.8 Å². The minimum Gasteiger partial charge on any atom is -0.206 e. The molecule has 0 aliphatic carbocycles. The fourth-order valence-corrected chi connectivity index (χ4v) is 1.62. The number of rotatable bonds is 2. The molecule has 0 amide bonds. The second-order valence-corrected chi connectivity index (χ2v) is 4.17. The summed E-state index contributed by atoms with van der Waals surface area (Å²) in [6.07, 6.45) is 1.43. The van der Waals surface area contributed by atoms with Gasteiger partial charge in [-0.1, -0.05) is 35.9 Å². The van der Waals surface area contributed by atoms with Crippen LogP contribution in [0.3, 0.4) is 0 Å². The van der Waals surface area contributed by atoms with Gasteiger partial charge in [0, 0.05) is 10.6 Å². The SMILES string of the molecule is N#Cc1ccc(/C(F)=C/c2ccc(Cl)cc2)cc1. The van der Waals surface area contributed by atoms with E-state index >= 15 is 0 Å². The Hall–Kier alpha value is -2.11. The highest BCUT2D eigenvalue weighted by molar-refractivity contribution is 6.30. The Labute approximate surface area is 110 Å². The van der Waals surface area contributed by atoms with Gasteiger partial charge in [0.25, 0.3) is 0 Å². The van der Waals surface area contributed by atoms with Gasteiger partial charge in [0.05, 0.1) is 11.6 Å². The first-order chi connectivity index (χ1) is 8.69. The van der Waals surface area contributed by atoms with E-state index in [9.17, 15) is 4.39 Å². The van der Waals surface area contributed by atoms with E-state index in [0.29, 0.717) is 16.1 Å².